The molecule has 2 heterocycles. The van der Waals surface area contributed by atoms with Gasteiger partial charge in [-0.2, -0.15) is 5.10 Å². The molecule has 1 aromatic carbocycles. The van der Waals surface area contributed by atoms with Gasteiger partial charge in [0.05, 0.1) is 11.4 Å². The van der Waals surface area contributed by atoms with E-state index in [1.165, 1.54) is 16.4 Å². The van der Waals surface area contributed by atoms with Crippen LogP contribution in [0.4, 0.5) is 5.69 Å². The minimum absolute atomic E-state index is 0.0664. The van der Waals surface area contributed by atoms with E-state index in [9.17, 15) is 4.79 Å². The van der Waals surface area contributed by atoms with Gasteiger partial charge in [-0.05, 0) is 37.0 Å². The van der Waals surface area contributed by atoms with Crippen LogP contribution in [-0.2, 0) is 10.2 Å². The van der Waals surface area contributed by atoms with E-state index in [2.05, 4.69) is 41.4 Å². The van der Waals surface area contributed by atoms with Crippen molar-refractivity contribution in [2.75, 3.05) is 16.9 Å². The third kappa shape index (κ3) is 4.19. The molecule has 0 bridgehead atoms. The molecule has 3 rings (SSSR count). The van der Waals surface area contributed by atoms with Crippen LogP contribution in [-0.4, -0.2) is 36.3 Å². The van der Waals surface area contributed by atoms with E-state index >= 15 is 0 Å². The van der Waals surface area contributed by atoms with Crippen molar-refractivity contribution < 1.29 is 4.79 Å². The molecule has 3 N–H and O–H groups in total. The molecule has 0 unspecified atom stereocenters. The second kappa shape index (κ2) is 7.67. The Labute approximate surface area is 168 Å². The fourth-order valence-corrected chi connectivity index (χ4v) is 3.56. The number of hydrogen-bond donors (Lipinski definition) is 2. The predicted octanol–water partition coefficient (Wildman–Crippen LogP) is 2.82. The van der Waals surface area contributed by atoms with Crippen LogP contribution < -0.4 is 11.2 Å². The van der Waals surface area contributed by atoms with Crippen molar-refractivity contribution in [3.8, 4) is 5.95 Å². The van der Waals surface area contributed by atoms with Gasteiger partial charge < -0.3 is 11.2 Å². The largest absolute Gasteiger partial charge is 0.334 e. The number of nitrogens with zero attached hydrogens (tertiary/aromatic N) is 5. The highest BCUT2D eigenvalue weighted by molar-refractivity contribution is 7.99. The minimum atomic E-state index is -0.127. The molecule has 0 saturated carbocycles. The molecule has 0 aliphatic carbocycles. The number of nitrogens with one attached hydrogen (secondary N) is 1. The summed E-state index contributed by atoms with van der Waals surface area (Å²) in [4.78, 5) is 12.5. The maximum atomic E-state index is 12.5. The van der Waals surface area contributed by atoms with Crippen LogP contribution in [0.3, 0.4) is 0 Å². The molecule has 28 heavy (non-hydrogen) atoms. The Hall–Kier alpha value is -2.81. The maximum Gasteiger partial charge on any atom is 0.271 e. The zero-order valence-corrected chi connectivity index (χ0v) is 17.5. The van der Waals surface area contributed by atoms with Gasteiger partial charge in [0.25, 0.3) is 5.95 Å². The lowest BCUT2D eigenvalue weighted by Crippen LogP contribution is -2.21. The molecule has 148 valence electrons. The average Bonchev–Trinajstić information content (AvgIpc) is 3.14. The summed E-state index contributed by atoms with van der Waals surface area (Å²) in [6, 6.07) is 9.76. The Morgan fingerprint density at radius 1 is 1.21 bits per heavy atom. The van der Waals surface area contributed by atoms with Crippen LogP contribution >= 0.6 is 11.8 Å². The normalized spacial score (nSPS) is 11.6. The number of aromatic nitrogens is 5. The topological polar surface area (TPSA) is 104 Å². The van der Waals surface area contributed by atoms with Crippen molar-refractivity contribution in [2.45, 2.75) is 45.2 Å². The van der Waals surface area contributed by atoms with Crippen LogP contribution in [0.25, 0.3) is 5.95 Å². The Balaban J connectivity index is 1.69. The lowest BCUT2D eigenvalue weighted by molar-refractivity contribution is -0.113. The van der Waals surface area contributed by atoms with E-state index in [0.29, 0.717) is 11.1 Å². The highest BCUT2D eigenvalue weighted by atomic mass is 32.2. The quantitative estimate of drug-likeness (QED) is 0.505. The molecule has 3 aromatic rings. The number of nitrogens with two attached hydrogens (primary N) is 1. The van der Waals surface area contributed by atoms with E-state index in [0.717, 1.165) is 22.6 Å². The summed E-state index contributed by atoms with van der Waals surface area (Å²) in [6.07, 6.45) is 0. The molecule has 0 aliphatic rings. The fourth-order valence-electron chi connectivity index (χ4n) is 2.91. The number of anilines is 1. The van der Waals surface area contributed by atoms with Gasteiger partial charge in [0.2, 0.25) is 11.1 Å². The monoisotopic (exact) mass is 399 g/mol. The van der Waals surface area contributed by atoms with E-state index < -0.39 is 0 Å². The van der Waals surface area contributed by atoms with Gasteiger partial charge in [0.1, 0.15) is 0 Å². The number of para-hydroxylation sites is 1. The Morgan fingerprint density at radius 2 is 1.93 bits per heavy atom. The van der Waals surface area contributed by atoms with Crippen molar-refractivity contribution in [1.82, 2.24) is 24.7 Å². The highest BCUT2D eigenvalue weighted by Gasteiger charge is 2.20. The van der Waals surface area contributed by atoms with Crippen molar-refractivity contribution in [2.24, 2.45) is 0 Å². The van der Waals surface area contributed by atoms with Gasteiger partial charge in [-0.15, -0.1) is 10.2 Å². The number of amides is 1. The predicted molar refractivity (Wildman–Crippen MR) is 111 cm³/mol. The first kappa shape index (κ1) is 19.9. The third-order valence-electron chi connectivity index (χ3n) is 4.19. The SMILES string of the molecule is Cc1cc(C)n(-c2nnc(SCC(=O)Nc3ccccc3C(C)(C)C)n2N)n1. The zero-order chi connectivity index (χ0) is 20.5. The maximum absolute atomic E-state index is 12.5. The van der Waals surface area contributed by atoms with Crippen LogP contribution in [0.2, 0.25) is 0 Å². The van der Waals surface area contributed by atoms with Gasteiger partial charge in [0.15, 0.2) is 0 Å². The molecule has 1 amide bonds. The third-order valence-corrected chi connectivity index (χ3v) is 5.13. The summed E-state index contributed by atoms with van der Waals surface area (Å²) in [5, 5.41) is 16.0. The van der Waals surface area contributed by atoms with Crippen LogP contribution in [0.1, 0.15) is 37.7 Å². The Morgan fingerprint density at radius 3 is 2.57 bits per heavy atom. The standard InChI is InChI=1S/C19H25N7OS/c1-12-10-13(2)26(24-12)17-22-23-18(25(17)20)28-11-16(27)21-15-9-7-6-8-14(15)19(3,4)5/h6-10H,11,20H2,1-5H3,(H,21,27). The minimum Gasteiger partial charge on any atom is -0.334 e. The summed E-state index contributed by atoms with van der Waals surface area (Å²) in [5.41, 5.74) is 3.61. The van der Waals surface area contributed by atoms with Crippen LogP contribution in [0.5, 0.6) is 0 Å². The highest BCUT2D eigenvalue weighted by Crippen LogP contribution is 2.29. The molecule has 0 saturated heterocycles. The van der Waals surface area contributed by atoms with Gasteiger partial charge in [-0.1, -0.05) is 50.7 Å². The molecule has 0 aliphatic heterocycles. The number of carbonyl (C=O) groups is 1. The fraction of sp³-hybridized carbons (Fsp3) is 0.368. The van der Waals surface area contributed by atoms with E-state index in [4.69, 9.17) is 5.84 Å². The van der Waals surface area contributed by atoms with Crippen LogP contribution in [0.15, 0.2) is 35.5 Å². The summed E-state index contributed by atoms with van der Waals surface area (Å²) < 4.78 is 2.98. The average molecular weight is 400 g/mol. The van der Waals surface area contributed by atoms with Gasteiger partial charge in [-0.3, -0.25) is 4.79 Å². The molecule has 0 fully saturated rings. The summed E-state index contributed by atoms with van der Waals surface area (Å²) in [5.74, 6) is 6.56. The first-order chi connectivity index (χ1) is 13.2. The lowest BCUT2D eigenvalue weighted by Gasteiger charge is -2.22. The van der Waals surface area contributed by atoms with E-state index in [1.807, 2.05) is 44.2 Å². The second-order valence-corrected chi connectivity index (χ2v) is 8.57. The van der Waals surface area contributed by atoms with E-state index in [1.54, 1.807) is 4.68 Å². The molecular formula is C19H25N7OS. The van der Waals surface area contributed by atoms with Crippen molar-refractivity contribution >= 4 is 23.4 Å². The number of nitrogen functional groups attached to an aromatic ring is 1. The van der Waals surface area contributed by atoms with E-state index in [-0.39, 0.29) is 17.1 Å². The summed E-state index contributed by atoms with van der Waals surface area (Å²) in [7, 11) is 0. The van der Waals surface area contributed by atoms with Crippen molar-refractivity contribution in [3.63, 3.8) is 0 Å². The zero-order valence-electron chi connectivity index (χ0n) is 16.7. The number of thioether (sulfide) groups is 1. The molecule has 0 atom stereocenters. The van der Waals surface area contributed by atoms with Gasteiger partial charge in [0, 0.05) is 11.4 Å². The summed E-state index contributed by atoms with van der Waals surface area (Å²) >= 11 is 1.23. The van der Waals surface area contributed by atoms with Gasteiger partial charge >= 0.3 is 0 Å². The summed E-state index contributed by atoms with van der Waals surface area (Å²) in [6.45, 7) is 10.2. The number of aryl methyl sites for hydroxylation is 2. The lowest BCUT2D eigenvalue weighted by atomic mass is 9.86. The number of carbonyl (C=O) groups excluding carboxylic acids is 1. The number of hydrogen-bond acceptors (Lipinski definition) is 6. The Bertz CT molecular complexity index is 1000. The van der Waals surface area contributed by atoms with Gasteiger partial charge in [-0.25, -0.2) is 9.36 Å². The molecule has 9 heteroatoms. The first-order valence-electron chi connectivity index (χ1n) is 8.93. The molecule has 0 spiro atoms. The second-order valence-electron chi connectivity index (χ2n) is 7.62. The van der Waals surface area contributed by atoms with Crippen molar-refractivity contribution in [1.29, 1.82) is 0 Å². The van der Waals surface area contributed by atoms with Crippen LogP contribution in [0, 0.1) is 13.8 Å². The molecule has 0 radical (unpaired) electrons. The number of benzene rings is 1. The molecule has 8 nitrogen and oxygen atoms in total. The molecule has 2 aromatic heterocycles. The first-order valence-corrected chi connectivity index (χ1v) is 9.91. The Kier molecular flexibility index (Phi) is 5.46. The van der Waals surface area contributed by atoms with Crippen molar-refractivity contribution in [3.05, 3.63) is 47.3 Å². The number of rotatable bonds is 5. The smallest absolute Gasteiger partial charge is 0.271 e. The molecular weight excluding hydrogens is 374 g/mol.